The highest BCUT2D eigenvalue weighted by Crippen LogP contribution is 2.34. The third kappa shape index (κ3) is 4.22. The average molecular weight is 424 g/mol. The Kier molecular flexibility index (Phi) is 5.13. The van der Waals surface area contributed by atoms with Crippen LogP contribution in [0.3, 0.4) is 0 Å². The number of aromatic nitrogens is 2. The number of carbonyl (C=O) groups is 1. The van der Waals surface area contributed by atoms with E-state index in [2.05, 4.69) is 20.6 Å². The number of fused-ring (bicyclic) bond motifs is 1. The lowest BCUT2D eigenvalue weighted by Gasteiger charge is -2.10. The van der Waals surface area contributed by atoms with Gasteiger partial charge in [0, 0.05) is 34.6 Å². The molecule has 5 rings (SSSR count). The molecule has 4 aromatic rings. The molecule has 0 radical (unpaired) electrons. The maximum absolute atomic E-state index is 12.7. The number of nitrogens with zero attached hydrogens (tertiary/aromatic N) is 2. The summed E-state index contributed by atoms with van der Waals surface area (Å²) in [5, 5.41) is 6.14. The lowest BCUT2D eigenvalue weighted by Crippen LogP contribution is -2.12. The van der Waals surface area contributed by atoms with E-state index >= 15 is 0 Å². The second-order valence-corrected chi connectivity index (χ2v) is 7.38. The van der Waals surface area contributed by atoms with Crippen molar-refractivity contribution in [1.82, 2.24) is 9.97 Å². The van der Waals surface area contributed by atoms with E-state index in [1.807, 2.05) is 49.4 Å². The summed E-state index contributed by atoms with van der Waals surface area (Å²) in [6.07, 6.45) is 1.52. The van der Waals surface area contributed by atoms with Crippen LogP contribution in [0.2, 0.25) is 0 Å². The van der Waals surface area contributed by atoms with E-state index in [0.29, 0.717) is 28.6 Å². The minimum Gasteiger partial charge on any atom is -0.454 e. The molecule has 0 bridgehead atoms. The highest BCUT2D eigenvalue weighted by atomic mass is 16.7. The van der Waals surface area contributed by atoms with Gasteiger partial charge in [0.05, 0.1) is 5.69 Å². The summed E-state index contributed by atoms with van der Waals surface area (Å²) >= 11 is 0. The van der Waals surface area contributed by atoms with Gasteiger partial charge in [-0.3, -0.25) is 4.79 Å². The maximum atomic E-state index is 12.7. The van der Waals surface area contributed by atoms with Crippen molar-refractivity contribution in [3.05, 3.63) is 90.3 Å². The van der Waals surface area contributed by atoms with Crippen LogP contribution in [-0.2, 0) is 0 Å². The number of carbonyl (C=O) groups excluding carboxylic acids is 1. The van der Waals surface area contributed by atoms with Crippen LogP contribution < -0.4 is 20.1 Å². The lowest BCUT2D eigenvalue weighted by atomic mass is 10.1. The van der Waals surface area contributed by atoms with Crippen LogP contribution in [-0.4, -0.2) is 22.7 Å². The van der Waals surface area contributed by atoms with Crippen LogP contribution in [0.4, 0.5) is 17.2 Å². The average Bonchev–Trinajstić information content (AvgIpc) is 3.28. The fourth-order valence-electron chi connectivity index (χ4n) is 3.37. The highest BCUT2D eigenvalue weighted by Gasteiger charge is 2.15. The number of benzene rings is 3. The molecule has 2 heterocycles. The number of hydrogen-bond donors (Lipinski definition) is 2. The SMILES string of the molecule is Cc1ccc(-c2cc(Nc3cccc(C(=O)Nc4ccc5c(c4)OCO5)c3)ncn2)cc1. The van der Waals surface area contributed by atoms with Crippen LogP contribution in [0.25, 0.3) is 11.3 Å². The molecule has 7 heteroatoms. The third-order valence-corrected chi connectivity index (χ3v) is 5.04. The van der Waals surface area contributed by atoms with Crippen molar-refractivity contribution in [3.8, 4) is 22.8 Å². The molecular weight excluding hydrogens is 404 g/mol. The van der Waals surface area contributed by atoms with Gasteiger partial charge in [0.2, 0.25) is 6.79 Å². The van der Waals surface area contributed by atoms with Gasteiger partial charge >= 0.3 is 0 Å². The first kappa shape index (κ1) is 19.6. The van der Waals surface area contributed by atoms with Gasteiger partial charge in [-0.05, 0) is 37.3 Å². The maximum Gasteiger partial charge on any atom is 0.255 e. The Morgan fingerprint density at radius 1 is 0.875 bits per heavy atom. The number of aryl methyl sites for hydroxylation is 1. The zero-order valence-electron chi connectivity index (χ0n) is 17.3. The normalized spacial score (nSPS) is 11.8. The summed E-state index contributed by atoms with van der Waals surface area (Å²) in [6, 6.07) is 22.6. The van der Waals surface area contributed by atoms with Gasteiger partial charge in [-0.25, -0.2) is 9.97 Å². The van der Waals surface area contributed by atoms with Crippen LogP contribution >= 0.6 is 0 Å². The van der Waals surface area contributed by atoms with E-state index in [4.69, 9.17) is 9.47 Å². The van der Waals surface area contributed by atoms with Crippen molar-refractivity contribution in [1.29, 1.82) is 0 Å². The van der Waals surface area contributed by atoms with Gasteiger partial charge in [0.25, 0.3) is 5.91 Å². The predicted molar refractivity (Wildman–Crippen MR) is 122 cm³/mol. The second-order valence-electron chi connectivity index (χ2n) is 7.38. The lowest BCUT2D eigenvalue weighted by molar-refractivity contribution is 0.102. The van der Waals surface area contributed by atoms with Crippen LogP contribution in [0.5, 0.6) is 11.5 Å². The number of rotatable bonds is 5. The highest BCUT2D eigenvalue weighted by molar-refractivity contribution is 6.05. The molecule has 1 aliphatic rings. The quantitative estimate of drug-likeness (QED) is 0.459. The number of ether oxygens (including phenoxy) is 2. The first-order valence-corrected chi connectivity index (χ1v) is 10.1. The van der Waals surface area contributed by atoms with E-state index in [1.165, 1.54) is 11.9 Å². The summed E-state index contributed by atoms with van der Waals surface area (Å²) in [7, 11) is 0. The van der Waals surface area contributed by atoms with E-state index in [1.54, 1.807) is 30.3 Å². The first-order chi connectivity index (χ1) is 15.6. The minimum absolute atomic E-state index is 0.190. The summed E-state index contributed by atoms with van der Waals surface area (Å²) in [4.78, 5) is 21.4. The molecule has 0 saturated heterocycles. The Morgan fingerprint density at radius 2 is 1.72 bits per heavy atom. The zero-order chi connectivity index (χ0) is 21.9. The Labute approximate surface area is 185 Å². The van der Waals surface area contributed by atoms with E-state index < -0.39 is 0 Å². The fraction of sp³-hybridized carbons (Fsp3) is 0.0800. The number of nitrogens with one attached hydrogen (secondary N) is 2. The second kappa shape index (κ2) is 8.39. The van der Waals surface area contributed by atoms with Crippen molar-refractivity contribution in [2.24, 2.45) is 0 Å². The summed E-state index contributed by atoms with van der Waals surface area (Å²) in [5.74, 6) is 1.70. The molecule has 32 heavy (non-hydrogen) atoms. The van der Waals surface area contributed by atoms with Crippen molar-refractivity contribution in [2.75, 3.05) is 17.4 Å². The Balaban J connectivity index is 1.31. The molecule has 0 atom stereocenters. The molecule has 3 aromatic carbocycles. The minimum atomic E-state index is -0.226. The van der Waals surface area contributed by atoms with Gasteiger partial charge in [0.15, 0.2) is 11.5 Å². The standard InChI is InChI=1S/C25H20N4O3/c1-16-5-7-17(8-6-16)21-13-24(27-14-26-21)28-19-4-2-3-18(11-19)25(30)29-20-9-10-22-23(12-20)32-15-31-22/h2-14H,15H2,1H3,(H,29,30)(H,26,27,28). The molecule has 1 amide bonds. The van der Waals surface area contributed by atoms with Crippen LogP contribution in [0.1, 0.15) is 15.9 Å². The van der Waals surface area contributed by atoms with Crippen molar-refractivity contribution >= 4 is 23.1 Å². The Hall–Kier alpha value is -4.39. The van der Waals surface area contributed by atoms with Crippen molar-refractivity contribution < 1.29 is 14.3 Å². The first-order valence-electron chi connectivity index (χ1n) is 10.1. The van der Waals surface area contributed by atoms with E-state index in [0.717, 1.165) is 16.9 Å². The van der Waals surface area contributed by atoms with Gasteiger partial charge in [0.1, 0.15) is 12.1 Å². The Bertz CT molecular complexity index is 1290. The molecule has 0 spiro atoms. The fourth-order valence-corrected chi connectivity index (χ4v) is 3.37. The summed E-state index contributed by atoms with van der Waals surface area (Å²) in [6.45, 7) is 2.24. The molecule has 2 N–H and O–H groups in total. The predicted octanol–water partition coefficient (Wildman–Crippen LogP) is 5.18. The third-order valence-electron chi connectivity index (χ3n) is 5.04. The van der Waals surface area contributed by atoms with Gasteiger partial charge in [-0.2, -0.15) is 0 Å². The van der Waals surface area contributed by atoms with Gasteiger partial charge in [-0.1, -0.05) is 35.9 Å². The summed E-state index contributed by atoms with van der Waals surface area (Å²) in [5.41, 5.74) is 4.92. The molecule has 1 aromatic heterocycles. The van der Waals surface area contributed by atoms with Gasteiger partial charge in [-0.15, -0.1) is 0 Å². The van der Waals surface area contributed by atoms with Crippen LogP contribution in [0.15, 0.2) is 79.1 Å². The number of amides is 1. The molecular formula is C25H20N4O3. The van der Waals surface area contributed by atoms with Crippen LogP contribution in [0, 0.1) is 6.92 Å². The molecule has 1 aliphatic heterocycles. The molecule has 0 fully saturated rings. The Morgan fingerprint density at radius 3 is 2.59 bits per heavy atom. The number of hydrogen-bond acceptors (Lipinski definition) is 6. The molecule has 0 aliphatic carbocycles. The molecule has 0 saturated carbocycles. The van der Waals surface area contributed by atoms with Crippen molar-refractivity contribution in [2.45, 2.75) is 6.92 Å². The zero-order valence-corrected chi connectivity index (χ0v) is 17.3. The largest absolute Gasteiger partial charge is 0.454 e. The molecule has 158 valence electrons. The van der Waals surface area contributed by atoms with E-state index in [-0.39, 0.29) is 12.7 Å². The molecule has 0 unspecified atom stereocenters. The summed E-state index contributed by atoms with van der Waals surface area (Å²) < 4.78 is 10.7. The smallest absolute Gasteiger partial charge is 0.255 e. The van der Waals surface area contributed by atoms with E-state index in [9.17, 15) is 4.79 Å². The van der Waals surface area contributed by atoms with Crippen molar-refractivity contribution in [3.63, 3.8) is 0 Å². The molecule has 7 nitrogen and oxygen atoms in total. The monoisotopic (exact) mass is 424 g/mol. The van der Waals surface area contributed by atoms with Gasteiger partial charge < -0.3 is 20.1 Å². The topological polar surface area (TPSA) is 85.4 Å². The number of anilines is 3.